The van der Waals surface area contributed by atoms with Crippen LogP contribution < -0.4 is 10.1 Å². The van der Waals surface area contributed by atoms with Gasteiger partial charge in [0.1, 0.15) is 5.75 Å². The maximum atomic E-state index is 11.8. The van der Waals surface area contributed by atoms with Gasteiger partial charge in [0.2, 0.25) is 5.91 Å². The highest BCUT2D eigenvalue weighted by atomic mass is 35.5. The van der Waals surface area contributed by atoms with Crippen molar-refractivity contribution >= 4 is 17.5 Å². The van der Waals surface area contributed by atoms with E-state index in [2.05, 4.69) is 5.32 Å². The van der Waals surface area contributed by atoms with Gasteiger partial charge in [-0.25, -0.2) is 0 Å². The van der Waals surface area contributed by atoms with E-state index in [1.807, 2.05) is 24.3 Å². The largest absolute Gasteiger partial charge is 0.497 e. The summed E-state index contributed by atoms with van der Waals surface area (Å²) in [6, 6.07) is 7.57. The fourth-order valence-corrected chi connectivity index (χ4v) is 2.21. The van der Waals surface area contributed by atoms with E-state index >= 15 is 0 Å². The van der Waals surface area contributed by atoms with Crippen LogP contribution in [0.4, 0.5) is 0 Å². The second kappa shape index (κ2) is 5.61. The molecule has 0 atom stereocenters. The Hall–Kier alpha value is -1.22. The van der Waals surface area contributed by atoms with Gasteiger partial charge in [0.25, 0.3) is 0 Å². The molecule has 1 aliphatic rings. The number of amides is 1. The minimum atomic E-state index is 0.0413. The average molecular weight is 268 g/mol. The summed E-state index contributed by atoms with van der Waals surface area (Å²) in [6.07, 6.45) is 2.63. The van der Waals surface area contributed by atoms with Gasteiger partial charge >= 0.3 is 0 Å². The Morgan fingerprint density at radius 1 is 1.50 bits per heavy atom. The number of hydrogen-bond donors (Lipinski definition) is 1. The molecule has 0 spiro atoms. The number of methoxy groups -OCH3 is 1. The van der Waals surface area contributed by atoms with E-state index in [0.29, 0.717) is 18.8 Å². The maximum absolute atomic E-state index is 11.8. The number of alkyl halides is 1. The van der Waals surface area contributed by atoms with Crippen molar-refractivity contribution in [2.45, 2.75) is 19.3 Å². The van der Waals surface area contributed by atoms with Gasteiger partial charge in [-0.2, -0.15) is 0 Å². The van der Waals surface area contributed by atoms with E-state index in [-0.39, 0.29) is 11.3 Å². The molecule has 98 valence electrons. The zero-order valence-corrected chi connectivity index (χ0v) is 11.3. The van der Waals surface area contributed by atoms with E-state index in [9.17, 15) is 4.79 Å². The zero-order valence-electron chi connectivity index (χ0n) is 10.5. The zero-order chi connectivity index (χ0) is 13.0. The van der Waals surface area contributed by atoms with E-state index in [0.717, 1.165) is 24.2 Å². The van der Waals surface area contributed by atoms with Crippen molar-refractivity contribution in [3.8, 4) is 5.75 Å². The van der Waals surface area contributed by atoms with Gasteiger partial charge < -0.3 is 10.1 Å². The smallest absolute Gasteiger partial charge is 0.224 e. The third-order valence-corrected chi connectivity index (χ3v) is 3.97. The van der Waals surface area contributed by atoms with Crippen LogP contribution in [0, 0.1) is 5.41 Å². The highest BCUT2D eigenvalue weighted by Gasteiger charge is 2.41. The van der Waals surface area contributed by atoms with Crippen molar-refractivity contribution in [2.24, 2.45) is 5.41 Å². The Labute approximate surface area is 112 Å². The molecule has 0 aliphatic heterocycles. The molecule has 0 bridgehead atoms. The standard InChI is InChI=1S/C14H18ClNO2/c1-18-12-4-2-3-11(7-12)8-13(17)16-10-14(9-15)5-6-14/h2-4,7H,5-6,8-10H2,1H3,(H,16,17). The second-order valence-corrected chi connectivity index (χ2v) is 5.21. The summed E-state index contributed by atoms with van der Waals surface area (Å²) in [4.78, 5) is 11.8. The van der Waals surface area contributed by atoms with Crippen LogP contribution in [-0.4, -0.2) is 25.4 Å². The third kappa shape index (κ3) is 3.39. The van der Waals surface area contributed by atoms with Crippen molar-refractivity contribution in [1.29, 1.82) is 0 Å². The molecule has 1 amide bonds. The molecule has 1 saturated carbocycles. The molecule has 0 heterocycles. The number of nitrogens with one attached hydrogen (secondary N) is 1. The number of carbonyl (C=O) groups excluding carboxylic acids is 1. The number of halogens is 1. The lowest BCUT2D eigenvalue weighted by atomic mass is 10.1. The first-order valence-electron chi connectivity index (χ1n) is 6.13. The van der Waals surface area contributed by atoms with Crippen LogP contribution in [0.25, 0.3) is 0 Å². The number of hydrogen-bond acceptors (Lipinski definition) is 2. The molecule has 4 heteroatoms. The average Bonchev–Trinajstić information content (AvgIpc) is 3.17. The summed E-state index contributed by atoms with van der Waals surface area (Å²) in [5.41, 5.74) is 1.13. The maximum Gasteiger partial charge on any atom is 0.224 e. The molecule has 0 saturated heterocycles. The quantitative estimate of drug-likeness (QED) is 0.804. The molecule has 0 radical (unpaired) electrons. The van der Waals surface area contributed by atoms with Gasteiger partial charge in [-0.05, 0) is 30.5 Å². The van der Waals surface area contributed by atoms with E-state index in [1.165, 1.54) is 0 Å². The highest BCUT2D eigenvalue weighted by molar-refractivity contribution is 6.18. The van der Waals surface area contributed by atoms with Crippen LogP contribution in [0.3, 0.4) is 0 Å². The summed E-state index contributed by atoms with van der Waals surface area (Å²) in [7, 11) is 1.62. The van der Waals surface area contributed by atoms with E-state index in [4.69, 9.17) is 16.3 Å². The van der Waals surface area contributed by atoms with Crippen LogP contribution in [0.1, 0.15) is 18.4 Å². The Balaban J connectivity index is 1.83. The Morgan fingerprint density at radius 2 is 2.28 bits per heavy atom. The summed E-state index contributed by atoms with van der Waals surface area (Å²) in [6.45, 7) is 0.694. The van der Waals surface area contributed by atoms with Crippen LogP contribution in [0.2, 0.25) is 0 Å². The normalized spacial score (nSPS) is 16.1. The molecule has 1 aromatic rings. The molecule has 0 aromatic heterocycles. The molecule has 1 aliphatic carbocycles. The Bertz CT molecular complexity index is 430. The topological polar surface area (TPSA) is 38.3 Å². The molecule has 1 fully saturated rings. The van der Waals surface area contributed by atoms with Crippen LogP contribution in [-0.2, 0) is 11.2 Å². The first-order chi connectivity index (χ1) is 8.67. The summed E-state index contributed by atoms with van der Waals surface area (Å²) in [5, 5.41) is 2.96. The van der Waals surface area contributed by atoms with Gasteiger partial charge in [-0.1, -0.05) is 12.1 Å². The minimum Gasteiger partial charge on any atom is -0.497 e. The number of ether oxygens (including phenoxy) is 1. The Kier molecular flexibility index (Phi) is 4.12. The fourth-order valence-electron chi connectivity index (χ4n) is 1.85. The monoisotopic (exact) mass is 267 g/mol. The SMILES string of the molecule is COc1cccc(CC(=O)NCC2(CCl)CC2)c1. The lowest BCUT2D eigenvalue weighted by molar-refractivity contribution is -0.120. The number of rotatable bonds is 6. The third-order valence-electron chi connectivity index (χ3n) is 3.40. The van der Waals surface area contributed by atoms with Crippen LogP contribution in [0.5, 0.6) is 5.75 Å². The van der Waals surface area contributed by atoms with Crippen molar-refractivity contribution in [3.63, 3.8) is 0 Å². The van der Waals surface area contributed by atoms with E-state index < -0.39 is 0 Å². The van der Waals surface area contributed by atoms with Crippen LogP contribution >= 0.6 is 11.6 Å². The molecule has 1 aromatic carbocycles. The van der Waals surface area contributed by atoms with Gasteiger partial charge in [0.15, 0.2) is 0 Å². The van der Waals surface area contributed by atoms with E-state index in [1.54, 1.807) is 7.11 Å². The molecular formula is C14H18ClNO2. The number of benzene rings is 1. The van der Waals surface area contributed by atoms with Crippen molar-refractivity contribution in [1.82, 2.24) is 5.32 Å². The van der Waals surface area contributed by atoms with Gasteiger partial charge in [0, 0.05) is 17.8 Å². The fraction of sp³-hybridized carbons (Fsp3) is 0.500. The first-order valence-corrected chi connectivity index (χ1v) is 6.66. The predicted molar refractivity (Wildman–Crippen MR) is 72.1 cm³/mol. The molecule has 1 N–H and O–H groups in total. The van der Waals surface area contributed by atoms with Crippen molar-refractivity contribution in [2.75, 3.05) is 19.5 Å². The molecule has 2 rings (SSSR count). The summed E-state index contributed by atoms with van der Waals surface area (Å²) in [5.74, 6) is 1.45. The van der Waals surface area contributed by atoms with Gasteiger partial charge in [-0.3, -0.25) is 4.79 Å². The lowest BCUT2D eigenvalue weighted by Crippen LogP contribution is -2.32. The predicted octanol–water partition coefficient (Wildman–Crippen LogP) is 2.37. The van der Waals surface area contributed by atoms with Gasteiger partial charge in [0.05, 0.1) is 13.5 Å². The first kappa shape index (κ1) is 13.2. The molecule has 0 unspecified atom stereocenters. The van der Waals surface area contributed by atoms with Crippen LogP contribution in [0.15, 0.2) is 24.3 Å². The summed E-state index contributed by atoms with van der Waals surface area (Å²) >= 11 is 5.87. The van der Waals surface area contributed by atoms with Crippen molar-refractivity contribution < 1.29 is 9.53 Å². The minimum absolute atomic E-state index is 0.0413. The lowest BCUT2D eigenvalue weighted by Gasteiger charge is -2.12. The van der Waals surface area contributed by atoms with Crippen molar-refractivity contribution in [3.05, 3.63) is 29.8 Å². The van der Waals surface area contributed by atoms with Gasteiger partial charge in [-0.15, -0.1) is 11.6 Å². The Morgan fingerprint density at radius 3 is 2.89 bits per heavy atom. The number of carbonyl (C=O) groups is 1. The molecule has 3 nitrogen and oxygen atoms in total. The molecular weight excluding hydrogens is 250 g/mol. The summed E-state index contributed by atoms with van der Waals surface area (Å²) < 4.78 is 5.13. The highest BCUT2D eigenvalue weighted by Crippen LogP contribution is 2.45. The second-order valence-electron chi connectivity index (χ2n) is 4.94. The molecule has 18 heavy (non-hydrogen) atoms.